The molecule has 0 spiro atoms. The predicted octanol–water partition coefficient (Wildman–Crippen LogP) is 5.20. The van der Waals surface area contributed by atoms with Gasteiger partial charge in [-0.05, 0) is 41.5 Å². The second-order valence-electron chi connectivity index (χ2n) is 4.93. The van der Waals surface area contributed by atoms with Gasteiger partial charge in [0.1, 0.15) is 0 Å². The van der Waals surface area contributed by atoms with E-state index in [1.54, 1.807) is 18.2 Å². The summed E-state index contributed by atoms with van der Waals surface area (Å²) in [5.41, 5.74) is -4.89. The molecule has 0 unspecified atom stereocenters. The van der Waals surface area contributed by atoms with Gasteiger partial charge in [0.25, 0.3) is 0 Å². The first-order valence-electron chi connectivity index (χ1n) is 6.76. The van der Waals surface area contributed by atoms with Gasteiger partial charge in [-0.15, -0.1) is 0 Å². The lowest BCUT2D eigenvalue weighted by atomic mass is 10.1. The third-order valence-electron chi connectivity index (χ3n) is 3.00. The zero-order chi connectivity index (χ0) is 19.5. The highest BCUT2D eigenvalue weighted by molar-refractivity contribution is 7.88. The van der Waals surface area contributed by atoms with Crippen LogP contribution >= 0.6 is 23.2 Å². The standard InChI is InChI=1S/C16H9Cl2F3O4S/c17-13-6-11(7-14(18)8-13)2-1-10-3-4-15(12(5-10)9-22)25-26(23,24)16(19,20)21/h1-9H/b2-1+. The molecule has 0 fully saturated rings. The minimum atomic E-state index is -5.87. The maximum absolute atomic E-state index is 12.4. The van der Waals surface area contributed by atoms with Gasteiger partial charge in [0.15, 0.2) is 12.0 Å². The van der Waals surface area contributed by atoms with Crippen LogP contribution in [0.25, 0.3) is 12.2 Å². The van der Waals surface area contributed by atoms with Crippen LogP contribution in [0.3, 0.4) is 0 Å². The first-order valence-corrected chi connectivity index (χ1v) is 8.92. The molecule has 2 rings (SSSR count). The lowest BCUT2D eigenvalue weighted by molar-refractivity contribution is -0.0500. The molecule has 0 saturated carbocycles. The molecule has 0 aliphatic rings. The molecule has 0 atom stereocenters. The van der Waals surface area contributed by atoms with Crippen molar-refractivity contribution in [2.45, 2.75) is 5.51 Å². The highest BCUT2D eigenvalue weighted by atomic mass is 35.5. The summed E-state index contributed by atoms with van der Waals surface area (Å²) in [6.45, 7) is 0. The van der Waals surface area contributed by atoms with E-state index in [4.69, 9.17) is 23.2 Å². The molecule has 0 N–H and O–H groups in total. The minimum absolute atomic E-state index is 0.189. The largest absolute Gasteiger partial charge is 0.534 e. The third-order valence-corrected chi connectivity index (χ3v) is 4.40. The molecule has 0 radical (unpaired) electrons. The monoisotopic (exact) mass is 424 g/mol. The number of hydrogen-bond acceptors (Lipinski definition) is 4. The van der Waals surface area contributed by atoms with Crippen LogP contribution in [0.2, 0.25) is 10.0 Å². The lowest BCUT2D eigenvalue weighted by Gasteiger charge is -2.11. The first kappa shape index (κ1) is 20.3. The van der Waals surface area contributed by atoms with Crippen molar-refractivity contribution in [3.63, 3.8) is 0 Å². The Morgan fingerprint density at radius 1 is 0.923 bits per heavy atom. The zero-order valence-corrected chi connectivity index (χ0v) is 15.0. The molecule has 10 heteroatoms. The number of alkyl halides is 3. The minimum Gasteiger partial charge on any atom is -0.375 e. The van der Waals surface area contributed by atoms with Gasteiger partial charge in [-0.3, -0.25) is 4.79 Å². The topological polar surface area (TPSA) is 60.4 Å². The molecular formula is C16H9Cl2F3O4S. The molecule has 0 aromatic heterocycles. The molecule has 0 heterocycles. The number of carbonyl (C=O) groups excluding carboxylic acids is 1. The molecular weight excluding hydrogens is 416 g/mol. The van der Waals surface area contributed by atoms with Crippen molar-refractivity contribution in [3.8, 4) is 5.75 Å². The van der Waals surface area contributed by atoms with Crippen LogP contribution in [0, 0.1) is 0 Å². The van der Waals surface area contributed by atoms with E-state index in [0.29, 0.717) is 21.2 Å². The summed E-state index contributed by atoms with van der Waals surface area (Å²) >= 11 is 11.7. The van der Waals surface area contributed by atoms with Crippen molar-refractivity contribution >= 4 is 51.8 Å². The maximum atomic E-state index is 12.4. The summed E-state index contributed by atoms with van der Waals surface area (Å²) < 4.78 is 63.2. The van der Waals surface area contributed by atoms with E-state index in [0.717, 1.165) is 6.07 Å². The highest BCUT2D eigenvalue weighted by Gasteiger charge is 2.48. The number of carbonyl (C=O) groups is 1. The van der Waals surface area contributed by atoms with E-state index in [1.807, 2.05) is 0 Å². The summed E-state index contributed by atoms with van der Waals surface area (Å²) in [6, 6.07) is 8.21. The maximum Gasteiger partial charge on any atom is 0.534 e. The van der Waals surface area contributed by atoms with Crippen molar-refractivity contribution in [1.29, 1.82) is 0 Å². The second kappa shape index (κ2) is 7.69. The Labute approximate surface area is 156 Å². The SMILES string of the molecule is O=Cc1cc(/C=C/c2cc(Cl)cc(Cl)c2)ccc1OS(=O)(=O)C(F)(F)F. The number of halogens is 5. The molecule has 26 heavy (non-hydrogen) atoms. The van der Waals surface area contributed by atoms with Crippen molar-refractivity contribution < 1.29 is 30.6 Å². The van der Waals surface area contributed by atoms with E-state index in [9.17, 15) is 26.4 Å². The molecule has 0 saturated heterocycles. The molecule has 0 aliphatic carbocycles. The van der Waals surface area contributed by atoms with Gasteiger partial charge in [0, 0.05) is 10.0 Å². The average molecular weight is 425 g/mol. The van der Waals surface area contributed by atoms with Crippen LogP contribution in [0.15, 0.2) is 36.4 Å². The van der Waals surface area contributed by atoms with Gasteiger partial charge in [-0.2, -0.15) is 21.6 Å². The number of rotatable bonds is 5. The molecule has 0 bridgehead atoms. The van der Waals surface area contributed by atoms with Crippen molar-refractivity contribution in [2.75, 3.05) is 0 Å². The fourth-order valence-corrected chi connectivity index (χ4v) is 2.89. The predicted molar refractivity (Wildman–Crippen MR) is 92.8 cm³/mol. The van der Waals surface area contributed by atoms with Crippen LogP contribution in [0.5, 0.6) is 5.75 Å². The Hall–Kier alpha value is -2.03. The van der Waals surface area contributed by atoms with Crippen molar-refractivity contribution in [1.82, 2.24) is 0 Å². The average Bonchev–Trinajstić information content (AvgIpc) is 2.51. The fraction of sp³-hybridized carbons (Fsp3) is 0.0625. The van der Waals surface area contributed by atoms with Gasteiger partial charge in [-0.1, -0.05) is 41.4 Å². The number of benzene rings is 2. The normalized spacial score (nSPS) is 12.3. The van der Waals surface area contributed by atoms with E-state index >= 15 is 0 Å². The Balaban J connectivity index is 2.31. The third kappa shape index (κ3) is 5.00. The summed E-state index contributed by atoms with van der Waals surface area (Å²) in [4.78, 5) is 11.1. The Morgan fingerprint density at radius 3 is 2.04 bits per heavy atom. The fourth-order valence-electron chi connectivity index (χ4n) is 1.87. The summed E-state index contributed by atoms with van der Waals surface area (Å²) in [5, 5.41) is 0.818. The zero-order valence-electron chi connectivity index (χ0n) is 12.6. The molecule has 2 aromatic rings. The van der Waals surface area contributed by atoms with Crippen molar-refractivity contribution in [3.05, 3.63) is 63.1 Å². The van der Waals surface area contributed by atoms with Gasteiger partial charge in [0.05, 0.1) is 5.56 Å². The number of aldehydes is 1. The van der Waals surface area contributed by atoms with Crippen LogP contribution in [-0.2, 0) is 10.1 Å². The molecule has 138 valence electrons. The molecule has 4 nitrogen and oxygen atoms in total. The lowest BCUT2D eigenvalue weighted by Crippen LogP contribution is -2.28. The summed E-state index contributed by atoms with van der Waals surface area (Å²) in [6.07, 6.45) is 3.33. The highest BCUT2D eigenvalue weighted by Crippen LogP contribution is 2.29. The Bertz CT molecular complexity index is 950. The van der Waals surface area contributed by atoms with Gasteiger partial charge < -0.3 is 4.18 Å². The van der Waals surface area contributed by atoms with E-state index in [2.05, 4.69) is 4.18 Å². The van der Waals surface area contributed by atoms with Crippen LogP contribution in [0.4, 0.5) is 13.2 Å². The molecule has 0 amide bonds. The van der Waals surface area contributed by atoms with Crippen LogP contribution in [-0.4, -0.2) is 20.2 Å². The van der Waals surface area contributed by atoms with Crippen LogP contribution < -0.4 is 4.18 Å². The summed E-state index contributed by atoms with van der Waals surface area (Å²) in [7, 11) is -5.87. The second-order valence-corrected chi connectivity index (χ2v) is 7.35. The van der Waals surface area contributed by atoms with Crippen molar-refractivity contribution in [2.24, 2.45) is 0 Å². The van der Waals surface area contributed by atoms with E-state index in [-0.39, 0.29) is 11.8 Å². The number of hydrogen-bond donors (Lipinski definition) is 0. The van der Waals surface area contributed by atoms with Gasteiger partial charge in [0.2, 0.25) is 0 Å². The van der Waals surface area contributed by atoms with Gasteiger partial charge in [-0.25, -0.2) is 0 Å². The quantitative estimate of drug-likeness (QED) is 0.286. The first-order chi connectivity index (χ1) is 12.0. The Morgan fingerprint density at radius 2 is 1.50 bits per heavy atom. The summed E-state index contributed by atoms with van der Waals surface area (Å²) in [5.74, 6) is -0.722. The smallest absolute Gasteiger partial charge is 0.375 e. The van der Waals surface area contributed by atoms with Crippen LogP contribution in [0.1, 0.15) is 21.5 Å². The van der Waals surface area contributed by atoms with E-state index < -0.39 is 21.4 Å². The molecule has 2 aromatic carbocycles. The molecule has 0 aliphatic heterocycles. The Kier molecular flexibility index (Phi) is 6.00. The van der Waals surface area contributed by atoms with Gasteiger partial charge >= 0.3 is 15.6 Å². The van der Waals surface area contributed by atoms with E-state index in [1.165, 1.54) is 24.3 Å².